The van der Waals surface area contributed by atoms with Crippen molar-refractivity contribution in [2.75, 3.05) is 13.7 Å². The van der Waals surface area contributed by atoms with Crippen LogP contribution in [0.25, 0.3) is 16.6 Å². The number of amidine groups is 1. The predicted molar refractivity (Wildman–Crippen MR) is 109 cm³/mol. The quantitative estimate of drug-likeness (QED) is 0.412. The van der Waals surface area contributed by atoms with Gasteiger partial charge in [-0.3, -0.25) is 15.4 Å². The van der Waals surface area contributed by atoms with Crippen LogP contribution >= 0.6 is 11.8 Å². The molecule has 0 bridgehead atoms. The molecule has 0 atom stereocenters. The summed E-state index contributed by atoms with van der Waals surface area (Å²) in [6, 6.07) is 5.20. The summed E-state index contributed by atoms with van der Waals surface area (Å²) < 4.78 is 4.73. The molecule has 0 aliphatic rings. The lowest BCUT2D eigenvalue weighted by atomic mass is 10.1. The van der Waals surface area contributed by atoms with Gasteiger partial charge >= 0.3 is 5.97 Å². The fraction of sp³-hybridized carbons (Fsp3) is 0.176. The molecule has 0 amide bonds. The third kappa shape index (κ3) is 5.35. The lowest BCUT2D eigenvalue weighted by Gasteiger charge is -2.05. The van der Waals surface area contributed by atoms with Crippen LogP contribution in [0.2, 0.25) is 0 Å². The Bertz CT molecular complexity index is 953. The lowest BCUT2D eigenvalue weighted by Crippen LogP contribution is -2.18. The van der Waals surface area contributed by atoms with Crippen LogP contribution in [0.3, 0.4) is 0 Å². The van der Waals surface area contributed by atoms with Gasteiger partial charge in [0.05, 0.1) is 17.6 Å². The SMILES string of the molecule is CCOC(=O)C(=N)SC(N)=Nc1ccc2ncc(C(C=NC)=CN)cc2n1. The molecule has 0 saturated heterocycles. The maximum Gasteiger partial charge on any atom is 0.363 e. The van der Waals surface area contributed by atoms with E-state index in [1.165, 1.54) is 6.20 Å². The van der Waals surface area contributed by atoms with E-state index in [1.54, 1.807) is 38.5 Å². The first-order valence-electron chi connectivity index (χ1n) is 7.87. The fourth-order valence-electron chi connectivity index (χ4n) is 2.05. The van der Waals surface area contributed by atoms with Crippen molar-refractivity contribution in [2.45, 2.75) is 6.92 Å². The monoisotopic (exact) mass is 385 g/mol. The average molecular weight is 385 g/mol. The molecular formula is C17H19N7O2S. The van der Waals surface area contributed by atoms with E-state index < -0.39 is 5.97 Å². The standard InChI is InChI=1S/C17H19N7O2S/c1-3-26-16(25)15(19)27-17(20)24-14-5-4-12-13(23-14)6-10(9-22-12)11(7-18)8-21-2/h4-9,19H,3,18H2,1-2H3,(H2,20,23,24). The zero-order chi connectivity index (χ0) is 19.8. The molecule has 27 heavy (non-hydrogen) atoms. The van der Waals surface area contributed by atoms with E-state index >= 15 is 0 Å². The number of fused-ring (bicyclic) bond motifs is 1. The Balaban J connectivity index is 2.28. The van der Waals surface area contributed by atoms with Crippen molar-refractivity contribution >= 4 is 56.6 Å². The molecule has 10 heteroatoms. The molecule has 0 spiro atoms. The van der Waals surface area contributed by atoms with Gasteiger partial charge in [-0.25, -0.2) is 14.8 Å². The van der Waals surface area contributed by atoms with Gasteiger partial charge in [-0.1, -0.05) is 0 Å². The van der Waals surface area contributed by atoms with Crippen molar-refractivity contribution in [2.24, 2.45) is 21.5 Å². The number of nitrogens with one attached hydrogen (secondary N) is 1. The summed E-state index contributed by atoms with van der Waals surface area (Å²) in [5, 5.41) is 7.28. The Hall–Kier alpha value is -3.27. The second-order valence-electron chi connectivity index (χ2n) is 5.04. The van der Waals surface area contributed by atoms with E-state index in [2.05, 4.69) is 20.0 Å². The number of nitrogens with two attached hydrogens (primary N) is 2. The van der Waals surface area contributed by atoms with Gasteiger partial charge in [0, 0.05) is 36.8 Å². The number of aliphatic imine (C=N–C) groups is 2. The number of esters is 1. The van der Waals surface area contributed by atoms with E-state index in [9.17, 15) is 4.79 Å². The van der Waals surface area contributed by atoms with Crippen molar-refractivity contribution in [3.05, 3.63) is 36.2 Å². The summed E-state index contributed by atoms with van der Waals surface area (Å²) in [6.45, 7) is 1.84. The van der Waals surface area contributed by atoms with Crippen LogP contribution < -0.4 is 11.5 Å². The van der Waals surface area contributed by atoms with Gasteiger partial charge in [0.15, 0.2) is 16.0 Å². The van der Waals surface area contributed by atoms with E-state index in [4.69, 9.17) is 21.6 Å². The van der Waals surface area contributed by atoms with Crippen LogP contribution in [-0.2, 0) is 9.53 Å². The second kappa shape index (κ2) is 9.43. The van der Waals surface area contributed by atoms with Gasteiger partial charge in [-0.05, 0) is 36.9 Å². The normalized spacial score (nSPS) is 12.5. The third-order valence-electron chi connectivity index (χ3n) is 3.20. The van der Waals surface area contributed by atoms with Crippen molar-refractivity contribution in [3.8, 4) is 0 Å². The number of hydrogen-bond acceptors (Lipinski definition) is 9. The fourth-order valence-corrected chi connectivity index (χ4v) is 2.54. The number of allylic oxidation sites excluding steroid dienone is 1. The van der Waals surface area contributed by atoms with Crippen LogP contribution in [0.4, 0.5) is 5.82 Å². The Morgan fingerprint density at radius 1 is 1.41 bits per heavy atom. The minimum Gasteiger partial charge on any atom is -0.461 e. The highest BCUT2D eigenvalue weighted by Gasteiger charge is 2.13. The number of carbonyl (C=O) groups is 1. The molecule has 2 heterocycles. The van der Waals surface area contributed by atoms with Crippen LogP contribution in [0, 0.1) is 5.41 Å². The zero-order valence-electron chi connectivity index (χ0n) is 14.8. The Morgan fingerprint density at radius 3 is 2.85 bits per heavy atom. The molecule has 2 aromatic rings. The number of ether oxygens (including phenoxy) is 1. The molecular weight excluding hydrogens is 366 g/mol. The molecule has 0 unspecified atom stereocenters. The number of carbonyl (C=O) groups excluding carboxylic acids is 1. The molecule has 0 aliphatic heterocycles. The van der Waals surface area contributed by atoms with Crippen molar-refractivity contribution < 1.29 is 9.53 Å². The summed E-state index contributed by atoms with van der Waals surface area (Å²) in [6.07, 6.45) is 4.74. The van der Waals surface area contributed by atoms with Crippen LogP contribution in [0.15, 0.2) is 40.6 Å². The largest absolute Gasteiger partial charge is 0.461 e. The molecule has 9 nitrogen and oxygen atoms in total. The Labute approximate surface area is 160 Å². The third-order valence-corrected chi connectivity index (χ3v) is 3.87. The van der Waals surface area contributed by atoms with Crippen molar-refractivity contribution in [1.82, 2.24) is 9.97 Å². The highest BCUT2D eigenvalue weighted by atomic mass is 32.2. The van der Waals surface area contributed by atoms with Crippen LogP contribution in [-0.4, -0.2) is 46.0 Å². The maximum atomic E-state index is 11.5. The van der Waals surface area contributed by atoms with Gasteiger partial charge < -0.3 is 16.2 Å². The molecule has 2 rings (SSSR count). The van der Waals surface area contributed by atoms with Gasteiger partial charge in [0.1, 0.15) is 0 Å². The first kappa shape index (κ1) is 20.0. The molecule has 0 aromatic carbocycles. The van der Waals surface area contributed by atoms with Crippen LogP contribution in [0.1, 0.15) is 12.5 Å². The molecule has 0 saturated carbocycles. The predicted octanol–water partition coefficient (Wildman–Crippen LogP) is 1.85. The van der Waals surface area contributed by atoms with Gasteiger partial charge in [-0.2, -0.15) is 0 Å². The maximum absolute atomic E-state index is 11.5. The summed E-state index contributed by atoms with van der Waals surface area (Å²) in [7, 11) is 1.65. The smallest absolute Gasteiger partial charge is 0.363 e. The first-order valence-corrected chi connectivity index (χ1v) is 8.69. The summed E-state index contributed by atoms with van der Waals surface area (Å²) >= 11 is 0.704. The number of rotatable bonds is 4. The number of pyridine rings is 2. The number of nitrogens with zero attached hydrogens (tertiary/aromatic N) is 4. The number of thioether (sulfide) groups is 1. The summed E-state index contributed by atoms with van der Waals surface area (Å²) in [5.41, 5.74) is 14.1. The van der Waals surface area contributed by atoms with Crippen molar-refractivity contribution in [1.29, 1.82) is 5.41 Å². The average Bonchev–Trinajstić information content (AvgIpc) is 2.65. The lowest BCUT2D eigenvalue weighted by molar-refractivity contribution is -0.134. The van der Waals surface area contributed by atoms with Crippen molar-refractivity contribution in [3.63, 3.8) is 0 Å². The first-order chi connectivity index (χ1) is 13.0. The summed E-state index contributed by atoms with van der Waals surface area (Å²) in [5.74, 6) is -0.426. The highest BCUT2D eigenvalue weighted by molar-refractivity contribution is 8.27. The van der Waals surface area contributed by atoms with Crippen LogP contribution in [0.5, 0.6) is 0 Å². The van der Waals surface area contributed by atoms with Gasteiger partial charge in [0.25, 0.3) is 0 Å². The molecule has 2 aromatic heterocycles. The Kier molecular flexibility index (Phi) is 7.00. The minimum absolute atomic E-state index is 0.00433. The molecule has 0 fully saturated rings. The van der Waals surface area contributed by atoms with Gasteiger partial charge in [0.2, 0.25) is 0 Å². The molecule has 0 aliphatic carbocycles. The number of hydrogen-bond donors (Lipinski definition) is 3. The van der Waals surface area contributed by atoms with E-state index in [-0.39, 0.29) is 16.8 Å². The van der Waals surface area contributed by atoms with E-state index in [0.29, 0.717) is 34.2 Å². The zero-order valence-corrected chi connectivity index (χ0v) is 15.7. The summed E-state index contributed by atoms with van der Waals surface area (Å²) in [4.78, 5) is 28.3. The van der Waals surface area contributed by atoms with E-state index in [0.717, 1.165) is 5.56 Å². The molecule has 140 valence electrons. The number of aromatic nitrogens is 2. The van der Waals surface area contributed by atoms with E-state index in [1.807, 2.05) is 6.07 Å². The Morgan fingerprint density at radius 2 is 2.19 bits per heavy atom. The molecule has 5 N–H and O–H groups in total. The van der Waals surface area contributed by atoms with Gasteiger partial charge in [-0.15, -0.1) is 0 Å². The highest BCUT2D eigenvalue weighted by Crippen LogP contribution is 2.20. The molecule has 0 radical (unpaired) electrons. The minimum atomic E-state index is -0.750. The topological polar surface area (TPSA) is 153 Å². The second-order valence-corrected chi connectivity index (χ2v) is 6.07.